The van der Waals surface area contributed by atoms with Gasteiger partial charge in [-0.2, -0.15) is 0 Å². The zero-order valence-corrected chi connectivity index (χ0v) is 11.6. The summed E-state index contributed by atoms with van der Waals surface area (Å²) in [5.74, 6) is 0.593. The van der Waals surface area contributed by atoms with E-state index in [9.17, 15) is 8.42 Å². The lowest BCUT2D eigenvalue weighted by Crippen LogP contribution is -2.29. The fraction of sp³-hybridized carbons (Fsp3) is 1.00. The van der Waals surface area contributed by atoms with Crippen molar-refractivity contribution in [2.45, 2.75) is 52.5 Å². The summed E-state index contributed by atoms with van der Waals surface area (Å²) < 4.78 is 22.5. The van der Waals surface area contributed by atoms with Gasteiger partial charge in [0.05, 0.1) is 5.75 Å². The summed E-state index contributed by atoms with van der Waals surface area (Å²) in [6, 6.07) is 0.597. The first-order chi connectivity index (χ1) is 7.35. The fourth-order valence-electron chi connectivity index (χ4n) is 2.35. The summed E-state index contributed by atoms with van der Waals surface area (Å²) in [5.41, 5.74) is 0.465. The Bertz CT molecular complexity index is 309. The summed E-state index contributed by atoms with van der Waals surface area (Å²) in [4.78, 5) is 0. The summed E-state index contributed by atoms with van der Waals surface area (Å²) in [5, 5.41) is 3.47. The van der Waals surface area contributed by atoms with Crippen molar-refractivity contribution in [3.63, 3.8) is 0 Å². The zero-order chi connectivity index (χ0) is 12.2. The highest BCUT2D eigenvalue weighted by Gasteiger charge is 2.30. The van der Waals surface area contributed by atoms with Crippen molar-refractivity contribution in [3.8, 4) is 0 Å². The molecular formula is C12H25NO2S. The number of sulfone groups is 1. The van der Waals surface area contributed by atoms with Crippen LogP contribution < -0.4 is 5.32 Å². The Morgan fingerprint density at radius 3 is 2.56 bits per heavy atom. The Morgan fingerprint density at radius 2 is 2.06 bits per heavy atom. The molecule has 0 spiro atoms. The second-order valence-electron chi connectivity index (χ2n) is 5.65. The molecule has 16 heavy (non-hydrogen) atoms. The molecular weight excluding hydrogens is 222 g/mol. The molecule has 0 amide bonds. The molecule has 0 aromatic heterocycles. The topological polar surface area (TPSA) is 46.2 Å². The molecule has 0 aromatic rings. The van der Waals surface area contributed by atoms with Crippen LogP contribution in [-0.2, 0) is 9.84 Å². The van der Waals surface area contributed by atoms with Crippen molar-refractivity contribution < 1.29 is 8.42 Å². The predicted octanol–water partition coefficient (Wildman–Crippen LogP) is 1.98. The van der Waals surface area contributed by atoms with E-state index in [0.717, 1.165) is 13.0 Å². The minimum atomic E-state index is -2.78. The van der Waals surface area contributed by atoms with Gasteiger partial charge >= 0.3 is 0 Å². The number of rotatable bonds is 6. The van der Waals surface area contributed by atoms with Gasteiger partial charge in [-0.05, 0) is 37.6 Å². The van der Waals surface area contributed by atoms with E-state index in [1.807, 2.05) is 0 Å². The Kier molecular flexibility index (Phi) is 4.80. The van der Waals surface area contributed by atoms with Gasteiger partial charge < -0.3 is 5.32 Å². The van der Waals surface area contributed by atoms with Crippen LogP contribution >= 0.6 is 0 Å². The molecule has 0 aromatic carbocycles. The average Bonchev–Trinajstić information content (AvgIpc) is 2.53. The van der Waals surface area contributed by atoms with E-state index in [4.69, 9.17) is 0 Å². The van der Waals surface area contributed by atoms with Crippen molar-refractivity contribution in [3.05, 3.63) is 0 Å². The van der Waals surface area contributed by atoms with Crippen molar-refractivity contribution in [1.29, 1.82) is 0 Å². The lowest BCUT2D eigenvalue weighted by atomic mass is 9.92. The van der Waals surface area contributed by atoms with Crippen molar-refractivity contribution in [2.24, 2.45) is 5.41 Å². The van der Waals surface area contributed by atoms with E-state index in [-0.39, 0.29) is 5.75 Å². The van der Waals surface area contributed by atoms with Gasteiger partial charge in [0.25, 0.3) is 0 Å². The molecule has 0 radical (unpaired) electrons. The third kappa shape index (κ3) is 4.83. The molecule has 0 aliphatic heterocycles. The lowest BCUT2D eigenvalue weighted by molar-refractivity contribution is 0.364. The zero-order valence-electron chi connectivity index (χ0n) is 10.8. The Labute approximate surface area is 99.9 Å². The SMILES string of the molecule is CCS(=O)(=O)CCCNC1CCC(C)(C)C1. The van der Waals surface area contributed by atoms with Crippen LogP contribution in [0.4, 0.5) is 0 Å². The molecule has 1 saturated carbocycles. The van der Waals surface area contributed by atoms with Gasteiger partial charge in [0.1, 0.15) is 9.84 Å². The van der Waals surface area contributed by atoms with E-state index >= 15 is 0 Å². The van der Waals surface area contributed by atoms with Crippen molar-refractivity contribution in [2.75, 3.05) is 18.1 Å². The molecule has 1 N–H and O–H groups in total. The molecule has 96 valence electrons. The number of hydrogen-bond donors (Lipinski definition) is 1. The molecule has 4 heteroatoms. The minimum Gasteiger partial charge on any atom is -0.314 e. The maximum absolute atomic E-state index is 11.3. The van der Waals surface area contributed by atoms with E-state index < -0.39 is 9.84 Å². The van der Waals surface area contributed by atoms with Crippen LogP contribution in [0.5, 0.6) is 0 Å². The Hall–Kier alpha value is -0.0900. The van der Waals surface area contributed by atoms with Gasteiger partial charge in [0.2, 0.25) is 0 Å². The first kappa shape index (κ1) is 14.0. The summed E-state index contributed by atoms with van der Waals surface area (Å²) in [6.07, 6.45) is 4.46. The van der Waals surface area contributed by atoms with Gasteiger partial charge in [-0.15, -0.1) is 0 Å². The van der Waals surface area contributed by atoms with Crippen LogP contribution in [0.3, 0.4) is 0 Å². The average molecular weight is 247 g/mol. The van der Waals surface area contributed by atoms with Crippen LogP contribution in [0.2, 0.25) is 0 Å². The molecule has 0 bridgehead atoms. The Morgan fingerprint density at radius 1 is 1.38 bits per heavy atom. The van der Waals surface area contributed by atoms with Gasteiger partial charge in [0.15, 0.2) is 0 Å². The van der Waals surface area contributed by atoms with Gasteiger partial charge in [0, 0.05) is 11.8 Å². The quantitative estimate of drug-likeness (QED) is 0.730. The molecule has 1 unspecified atom stereocenters. The molecule has 1 aliphatic carbocycles. The highest BCUT2D eigenvalue weighted by molar-refractivity contribution is 7.91. The molecule has 0 heterocycles. The standard InChI is InChI=1S/C12H25NO2S/c1-4-16(14,15)9-5-8-13-11-6-7-12(2,3)10-11/h11,13H,4-10H2,1-3H3. The monoisotopic (exact) mass is 247 g/mol. The molecule has 1 aliphatic rings. The smallest absolute Gasteiger partial charge is 0.150 e. The third-order valence-electron chi connectivity index (χ3n) is 3.47. The van der Waals surface area contributed by atoms with Gasteiger partial charge in [-0.3, -0.25) is 0 Å². The van der Waals surface area contributed by atoms with E-state index in [0.29, 0.717) is 17.2 Å². The largest absolute Gasteiger partial charge is 0.314 e. The normalized spacial score (nSPS) is 24.8. The molecule has 1 atom stereocenters. The molecule has 1 fully saturated rings. The fourth-order valence-corrected chi connectivity index (χ4v) is 3.23. The van der Waals surface area contributed by atoms with Crippen LogP contribution in [-0.4, -0.2) is 32.5 Å². The maximum Gasteiger partial charge on any atom is 0.150 e. The van der Waals surface area contributed by atoms with E-state index in [1.165, 1.54) is 19.3 Å². The van der Waals surface area contributed by atoms with Crippen LogP contribution in [0.1, 0.15) is 46.5 Å². The predicted molar refractivity (Wildman–Crippen MR) is 68.4 cm³/mol. The first-order valence-electron chi connectivity index (χ1n) is 6.28. The number of hydrogen-bond acceptors (Lipinski definition) is 3. The minimum absolute atomic E-state index is 0.267. The van der Waals surface area contributed by atoms with Crippen LogP contribution in [0, 0.1) is 5.41 Å². The van der Waals surface area contributed by atoms with E-state index in [1.54, 1.807) is 6.92 Å². The van der Waals surface area contributed by atoms with Gasteiger partial charge in [-0.1, -0.05) is 20.8 Å². The summed E-state index contributed by atoms with van der Waals surface area (Å²) >= 11 is 0. The summed E-state index contributed by atoms with van der Waals surface area (Å²) in [7, 11) is -2.78. The third-order valence-corrected chi connectivity index (χ3v) is 5.26. The molecule has 0 saturated heterocycles. The second-order valence-corrected chi connectivity index (χ2v) is 8.12. The van der Waals surface area contributed by atoms with Crippen LogP contribution in [0.25, 0.3) is 0 Å². The first-order valence-corrected chi connectivity index (χ1v) is 8.10. The second kappa shape index (κ2) is 5.50. The van der Waals surface area contributed by atoms with Gasteiger partial charge in [-0.25, -0.2) is 8.42 Å². The maximum atomic E-state index is 11.3. The van der Waals surface area contributed by atoms with Crippen molar-refractivity contribution >= 4 is 9.84 Å². The summed E-state index contributed by atoms with van der Waals surface area (Å²) in [6.45, 7) is 7.15. The van der Waals surface area contributed by atoms with Crippen LogP contribution in [0.15, 0.2) is 0 Å². The number of nitrogens with one attached hydrogen (secondary N) is 1. The Balaban J connectivity index is 2.13. The molecule has 3 nitrogen and oxygen atoms in total. The molecule has 1 rings (SSSR count). The lowest BCUT2D eigenvalue weighted by Gasteiger charge is -2.17. The van der Waals surface area contributed by atoms with Crippen molar-refractivity contribution in [1.82, 2.24) is 5.32 Å². The highest BCUT2D eigenvalue weighted by Crippen LogP contribution is 2.36. The highest BCUT2D eigenvalue weighted by atomic mass is 32.2. The van der Waals surface area contributed by atoms with E-state index in [2.05, 4.69) is 19.2 Å².